The van der Waals surface area contributed by atoms with Gasteiger partial charge in [-0.1, -0.05) is 139 Å². The Balaban J connectivity index is 1.27. The Bertz CT molecular complexity index is 1960. The van der Waals surface area contributed by atoms with Gasteiger partial charge < -0.3 is 9.80 Å². The van der Waals surface area contributed by atoms with Crippen molar-refractivity contribution in [1.82, 2.24) is 0 Å². The van der Waals surface area contributed by atoms with Gasteiger partial charge >= 0.3 is 0 Å². The number of para-hydroxylation sites is 2. The van der Waals surface area contributed by atoms with E-state index in [-0.39, 0.29) is 5.92 Å². The minimum absolute atomic E-state index is 0.110. The quantitative estimate of drug-likeness (QED) is 0.154. The summed E-state index contributed by atoms with van der Waals surface area (Å²) >= 11 is 13.0. The van der Waals surface area contributed by atoms with Crippen LogP contribution in [0.3, 0.4) is 0 Å². The molecule has 0 saturated carbocycles. The minimum atomic E-state index is -0.569. The van der Waals surface area contributed by atoms with Gasteiger partial charge in [-0.15, -0.1) is 0 Å². The predicted octanol–water partition coefficient (Wildman–Crippen LogP) is 12.4. The summed E-state index contributed by atoms with van der Waals surface area (Å²) in [6.45, 7) is 0. The van der Waals surface area contributed by atoms with Crippen molar-refractivity contribution >= 4 is 51.6 Å². The smallest absolute Gasteiger partial charge is 0.107 e. The van der Waals surface area contributed by atoms with Gasteiger partial charge in [-0.2, -0.15) is 0 Å². The molecule has 46 heavy (non-hydrogen) atoms. The van der Waals surface area contributed by atoms with Gasteiger partial charge in [0.15, 0.2) is 0 Å². The standard InChI is InChI=1S/C42H32Cl2N2/c43-35-14-10-20-40(30-35)45(37-16-6-2-7-17-37)38-24-22-32(23-25-38)33-26-28-42(29-27-33,34-12-4-1-5-13-34)46(39-18-8-3-9-19-39)41-21-11-15-36(44)31-41/h1-31,33H. The summed E-state index contributed by atoms with van der Waals surface area (Å²) in [6.07, 6.45) is 9.29. The van der Waals surface area contributed by atoms with E-state index in [1.54, 1.807) is 0 Å². The molecule has 0 saturated heterocycles. The molecular formula is C42H32Cl2N2. The molecule has 0 spiro atoms. The molecule has 224 valence electrons. The number of hydrogen-bond acceptors (Lipinski definition) is 2. The lowest BCUT2D eigenvalue weighted by atomic mass is 9.79. The fraction of sp³-hybridized carbons (Fsp3) is 0.0476. The van der Waals surface area contributed by atoms with Crippen LogP contribution in [-0.4, -0.2) is 0 Å². The van der Waals surface area contributed by atoms with Crippen LogP contribution in [0.15, 0.2) is 188 Å². The summed E-state index contributed by atoms with van der Waals surface area (Å²) in [5, 5.41) is 1.41. The molecule has 6 aromatic rings. The average molecular weight is 636 g/mol. The fourth-order valence-electron chi connectivity index (χ4n) is 6.27. The van der Waals surface area contributed by atoms with Crippen LogP contribution in [0.4, 0.5) is 28.4 Å². The van der Waals surface area contributed by atoms with Gasteiger partial charge in [0, 0.05) is 44.4 Å². The summed E-state index contributed by atoms with van der Waals surface area (Å²) in [5.41, 5.74) is 7.06. The fourth-order valence-corrected chi connectivity index (χ4v) is 6.64. The SMILES string of the molecule is Clc1cccc(N(c2ccccc2)c2ccc(C3C=CC(c4ccccc4)(N(c4ccccc4)c4cccc(Cl)c4)C=C3)cc2)c1. The molecule has 0 aromatic heterocycles. The summed E-state index contributed by atoms with van der Waals surface area (Å²) in [4.78, 5) is 4.59. The Hall–Kier alpha value is -5.02. The normalized spacial score (nSPS) is 17.0. The first-order chi connectivity index (χ1) is 22.6. The molecule has 0 amide bonds. The maximum absolute atomic E-state index is 6.56. The highest BCUT2D eigenvalue weighted by Crippen LogP contribution is 2.45. The van der Waals surface area contributed by atoms with E-state index in [1.165, 1.54) is 11.1 Å². The third-order valence-electron chi connectivity index (χ3n) is 8.42. The van der Waals surface area contributed by atoms with Crippen LogP contribution < -0.4 is 9.80 Å². The second kappa shape index (κ2) is 13.1. The molecule has 0 atom stereocenters. The molecule has 0 N–H and O–H groups in total. The summed E-state index contributed by atoms with van der Waals surface area (Å²) in [7, 11) is 0. The molecule has 0 aliphatic heterocycles. The van der Waals surface area contributed by atoms with Crippen LogP contribution in [0.25, 0.3) is 0 Å². The Morgan fingerprint density at radius 2 is 0.913 bits per heavy atom. The van der Waals surface area contributed by atoms with E-state index in [0.29, 0.717) is 10.0 Å². The first-order valence-corrected chi connectivity index (χ1v) is 16.1. The maximum Gasteiger partial charge on any atom is 0.107 e. The maximum atomic E-state index is 6.56. The van der Waals surface area contributed by atoms with Crippen molar-refractivity contribution in [3.05, 3.63) is 209 Å². The zero-order valence-corrected chi connectivity index (χ0v) is 26.6. The number of hydrogen-bond donors (Lipinski definition) is 0. The lowest BCUT2D eigenvalue weighted by Crippen LogP contribution is -2.41. The molecule has 6 aromatic carbocycles. The van der Waals surface area contributed by atoms with Gasteiger partial charge in [0.25, 0.3) is 0 Å². The van der Waals surface area contributed by atoms with E-state index in [1.807, 2.05) is 48.5 Å². The van der Waals surface area contributed by atoms with Crippen LogP contribution in [0.1, 0.15) is 17.0 Å². The van der Waals surface area contributed by atoms with Crippen LogP contribution >= 0.6 is 23.2 Å². The minimum Gasteiger partial charge on any atom is -0.324 e. The van der Waals surface area contributed by atoms with Gasteiger partial charge in [-0.3, -0.25) is 0 Å². The highest BCUT2D eigenvalue weighted by molar-refractivity contribution is 6.31. The molecule has 1 aliphatic carbocycles. The molecule has 0 heterocycles. The van der Waals surface area contributed by atoms with Crippen molar-refractivity contribution < 1.29 is 0 Å². The van der Waals surface area contributed by atoms with Crippen molar-refractivity contribution in [2.75, 3.05) is 9.80 Å². The van der Waals surface area contributed by atoms with Crippen molar-refractivity contribution in [3.8, 4) is 0 Å². The number of nitrogens with zero attached hydrogens (tertiary/aromatic N) is 2. The largest absolute Gasteiger partial charge is 0.324 e. The molecule has 0 radical (unpaired) electrons. The average Bonchev–Trinajstić information content (AvgIpc) is 3.11. The van der Waals surface area contributed by atoms with Crippen LogP contribution in [-0.2, 0) is 5.54 Å². The highest BCUT2D eigenvalue weighted by Gasteiger charge is 2.37. The molecule has 0 bridgehead atoms. The van der Waals surface area contributed by atoms with Gasteiger partial charge in [-0.05, 0) is 83.9 Å². The highest BCUT2D eigenvalue weighted by atomic mass is 35.5. The lowest BCUT2D eigenvalue weighted by molar-refractivity contribution is 0.661. The lowest BCUT2D eigenvalue weighted by Gasteiger charge is -2.44. The van der Waals surface area contributed by atoms with E-state index < -0.39 is 5.54 Å². The number of benzene rings is 6. The van der Waals surface area contributed by atoms with Crippen LogP contribution in [0.2, 0.25) is 10.0 Å². The Morgan fingerprint density at radius 3 is 1.50 bits per heavy atom. The number of allylic oxidation sites excluding steroid dienone is 2. The van der Waals surface area contributed by atoms with E-state index in [0.717, 1.165) is 28.4 Å². The van der Waals surface area contributed by atoms with E-state index in [2.05, 4.69) is 149 Å². The van der Waals surface area contributed by atoms with Gasteiger partial charge in [0.2, 0.25) is 0 Å². The molecule has 4 heteroatoms. The van der Waals surface area contributed by atoms with Gasteiger partial charge in [-0.25, -0.2) is 0 Å². The van der Waals surface area contributed by atoms with E-state index >= 15 is 0 Å². The van der Waals surface area contributed by atoms with Crippen molar-refractivity contribution in [3.63, 3.8) is 0 Å². The third-order valence-corrected chi connectivity index (χ3v) is 8.89. The zero-order valence-electron chi connectivity index (χ0n) is 25.1. The molecule has 2 nitrogen and oxygen atoms in total. The summed E-state index contributed by atoms with van der Waals surface area (Å²) < 4.78 is 0. The van der Waals surface area contributed by atoms with Gasteiger partial charge in [0.05, 0.1) is 0 Å². The molecule has 0 fully saturated rings. The van der Waals surface area contributed by atoms with Crippen LogP contribution in [0, 0.1) is 0 Å². The monoisotopic (exact) mass is 634 g/mol. The molecule has 7 rings (SSSR count). The van der Waals surface area contributed by atoms with Crippen LogP contribution in [0.5, 0.6) is 0 Å². The first-order valence-electron chi connectivity index (χ1n) is 15.4. The predicted molar refractivity (Wildman–Crippen MR) is 195 cm³/mol. The third kappa shape index (κ3) is 5.98. The van der Waals surface area contributed by atoms with Crippen molar-refractivity contribution in [1.29, 1.82) is 0 Å². The second-order valence-corrected chi connectivity index (χ2v) is 12.2. The number of rotatable bonds is 8. The zero-order chi connectivity index (χ0) is 31.3. The molecule has 1 aliphatic rings. The summed E-state index contributed by atoms with van der Waals surface area (Å²) in [6, 6.07) is 56.4. The van der Waals surface area contributed by atoms with E-state index in [4.69, 9.17) is 23.2 Å². The number of anilines is 5. The molecular weight excluding hydrogens is 603 g/mol. The number of halogens is 2. The van der Waals surface area contributed by atoms with Crippen molar-refractivity contribution in [2.24, 2.45) is 0 Å². The topological polar surface area (TPSA) is 6.48 Å². The first kappa shape index (κ1) is 29.7. The Morgan fingerprint density at radius 1 is 0.435 bits per heavy atom. The summed E-state index contributed by atoms with van der Waals surface area (Å²) in [5.74, 6) is 0.110. The molecule has 0 unspecified atom stereocenters. The van der Waals surface area contributed by atoms with E-state index in [9.17, 15) is 0 Å². The Labute approximate surface area is 281 Å². The van der Waals surface area contributed by atoms with Gasteiger partial charge in [0.1, 0.15) is 5.54 Å². The van der Waals surface area contributed by atoms with Crippen molar-refractivity contribution in [2.45, 2.75) is 11.5 Å². The Kier molecular flexibility index (Phi) is 8.48. The second-order valence-electron chi connectivity index (χ2n) is 11.3.